The molecule has 0 radical (unpaired) electrons. The molecule has 2 aliphatic rings. The lowest BCUT2D eigenvalue weighted by Crippen LogP contribution is -2.42. The number of fused-ring (bicyclic) bond motifs is 1. The summed E-state index contributed by atoms with van der Waals surface area (Å²) in [5, 5.41) is 17.2. The number of carbonyl (C=O) groups is 1. The largest absolute Gasteiger partial charge is 0.395 e. The van der Waals surface area contributed by atoms with E-state index in [2.05, 4.69) is 12.4 Å². The maximum Gasteiger partial charge on any atom is 0.273 e. The number of aliphatic hydroxyl groups excluding tert-OH is 1. The lowest BCUT2D eigenvalue weighted by Gasteiger charge is -2.26. The van der Waals surface area contributed by atoms with Crippen LogP contribution in [0.25, 0.3) is 5.52 Å². The average Bonchev–Trinajstić information content (AvgIpc) is 3.29. The highest BCUT2D eigenvalue weighted by atomic mass is 16.3. The molecule has 0 atom stereocenters. The van der Waals surface area contributed by atoms with Crippen molar-refractivity contribution in [3.63, 3.8) is 0 Å². The van der Waals surface area contributed by atoms with Gasteiger partial charge in [0.1, 0.15) is 0 Å². The van der Waals surface area contributed by atoms with Crippen LogP contribution in [0.3, 0.4) is 0 Å². The SMILES string of the molecule is CC1=C/C(=N\c2c([N+]3(C)CCCC3)nn3ccccc23)C(NCCO)=CC1=O. The molecule has 2 aromatic rings. The molecule has 28 heavy (non-hydrogen) atoms. The van der Waals surface area contributed by atoms with E-state index in [0.29, 0.717) is 23.5 Å². The van der Waals surface area contributed by atoms with Crippen LogP contribution < -0.4 is 9.80 Å². The molecular weight excluding hydrogens is 354 g/mol. The number of allylic oxidation sites excluding steroid dienone is 3. The van der Waals surface area contributed by atoms with Crippen molar-refractivity contribution in [2.24, 2.45) is 4.99 Å². The monoisotopic (exact) mass is 380 g/mol. The maximum absolute atomic E-state index is 12.1. The van der Waals surface area contributed by atoms with Gasteiger partial charge in [0.15, 0.2) is 11.5 Å². The van der Waals surface area contributed by atoms with Gasteiger partial charge in [-0.05, 0) is 30.7 Å². The summed E-state index contributed by atoms with van der Waals surface area (Å²) in [4.78, 5) is 17.1. The van der Waals surface area contributed by atoms with E-state index in [1.165, 1.54) is 12.8 Å². The standard InChI is InChI=1S/C21H25N5O2/c1-15-13-17(16(14-19(15)28)22-8-12-27)23-20-18-7-3-4-9-25(18)24-21(20)26(2)10-5-6-11-26/h3-4,7,9,13-14,27H,5-6,8,10-12H2,1-2H3/p+1/b23-17+. The fourth-order valence-corrected chi connectivity index (χ4v) is 3.91. The molecule has 0 amide bonds. The van der Waals surface area contributed by atoms with Gasteiger partial charge in [0.25, 0.3) is 5.82 Å². The Bertz CT molecular complexity index is 1010. The molecule has 0 saturated carbocycles. The normalized spacial score (nSPS) is 20.5. The van der Waals surface area contributed by atoms with Gasteiger partial charge in [-0.3, -0.25) is 9.28 Å². The Morgan fingerprint density at radius 1 is 1.29 bits per heavy atom. The minimum atomic E-state index is -0.0435. The number of aliphatic hydroxyl groups is 1. The van der Waals surface area contributed by atoms with Gasteiger partial charge >= 0.3 is 0 Å². The number of hydrogen-bond acceptors (Lipinski definition) is 5. The lowest BCUT2D eigenvalue weighted by molar-refractivity contribution is -0.111. The molecule has 0 spiro atoms. The number of aliphatic imine (C=N–C) groups is 1. The zero-order valence-corrected chi connectivity index (χ0v) is 16.4. The molecular formula is C21H26N5O2+. The molecule has 0 bridgehead atoms. The van der Waals surface area contributed by atoms with Gasteiger partial charge in [0.2, 0.25) is 0 Å². The second kappa shape index (κ2) is 7.33. The molecule has 2 aromatic heterocycles. The second-order valence-corrected chi connectivity index (χ2v) is 7.65. The van der Waals surface area contributed by atoms with Crippen molar-refractivity contribution < 1.29 is 9.90 Å². The zero-order valence-electron chi connectivity index (χ0n) is 16.4. The van der Waals surface area contributed by atoms with Crippen LogP contribution in [0.1, 0.15) is 19.8 Å². The van der Waals surface area contributed by atoms with Gasteiger partial charge in [-0.15, -0.1) is 5.10 Å². The summed E-state index contributed by atoms with van der Waals surface area (Å²) >= 11 is 0. The number of nitrogens with zero attached hydrogens (tertiary/aromatic N) is 4. The van der Waals surface area contributed by atoms with E-state index in [9.17, 15) is 9.90 Å². The lowest BCUT2D eigenvalue weighted by atomic mass is 10.0. The average molecular weight is 380 g/mol. The summed E-state index contributed by atoms with van der Waals surface area (Å²) in [5.74, 6) is 0.915. The maximum atomic E-state index is 12.1. The van der Waals surface area contributed by atoms with Crippen LogP contribution in [0.4, 0.5) is 11.5 Å². The quantitative estimate of drug-likeness (QED) is 0.615. The van der Waals surface area contributed by atoms with Crippen molar-refractivity contribution in [1.82, 2.24) is 19.4 Å². The van der Waals surface area contributed by atoms with Gasteiger partial charge in [-0.2, -0.15) is 0 Å². The number of rotatable bonds is 5. The molecule has 7 heteroatoms. The number of nitrogens with one attached hydrogen (secondary N) is 1. The predicted octanol–water partition coefficient (Wildman–Crippen LogP) is 2.13. The van der Waals surface area contributed by atoms with E-state index in [0.717, 1.165) is 34.6 Å². The molecule has 1 aliphatic carbocycles. The Labute approximate surface area is 164 Å². The Hall–Kier alpha value is -2.77. The molecule has 1 fully saturated rings. The smallest absolute Gasteiger partial charge is 0.273 e. The van der Waals surface area contributed by atoms with Crippen LogP contribution in [-0.4, -0.2) is 59.5 Å². The summed E-state index contributed by atoms with van der Waals surface area (Å²) in [5.41, 5.74) is 3.76. The predicted molar refractivity (Wildman–Crippen MR) is 111 cm³/mol. The van der Waals surface area contributed by atoms with E-state index in [1.54, 1.807) is 13.0 Å². The van der Waals surface area contributed by atoms with Crippen LogP contribution >= 0.6 is 0 Å². The first-order chi connectivity index (χ1) is 13.5. The fourth-order valence-electron chi connectivity index (χ4n) is 3.91. The Morgan fingerprint density at radius 3 is 2.82 bits per heavy atom. The number of ketones is 1. The molecule has 7 nitrogen and oxygen atoms in total. The second-order valence-electron chi connectivity index (χ2n) is 7.65. The highest BCUT2D eigenvalue weighted by Gasteiger charge is 2.36. The first-order valence-electron chi connectivity index (χ1n) is 9.72. The van der Waals surface area contributed by atoms with E-state index in [-0.39, 0.29) is 12.4 Å². The summed E-state index contributed by atoms with van der Waals surface area (Å²) in [6.07, 6.45) is 7.66. The number of quaternary nitrogens is 1. The van der Waals surface area contributed by atoms with Gasteiger partial charge in [0, 0.05) is 31.7 Å². The third kappa shape index (κ3) is 3.27. The first-order valence-corrected chi connectivity index (χ1v) is 9.72. The van der Waals surface area contributed by atoms with Crippen LogP contribution in [-0.2, 0) is 4.79 Å². The van der Waals surface area contributed by atoms with Gasteiger partial charge in [0.05, 0.1) is 43.7 Å². The Morgan fingerprint density at radius 2 is 2.07 bits per heavy atom. The minimum absolute atomic E-state index is 0.0154. The molecule has 146 valence electrons. The topological polar surface area (TPSA) is 79.0 Å². The van der Waals surface area contributed by atoms with E-state index < -0.39 is 0 Å². The molecule has 1 aliphatic heterocycles. The number of carbonyl (C=O) groups excluding carboxylic acids is 1. The zero-order chi connectivity index (χ0) is 19.7. The van der Waals surface area contributed by atoms with E-state index in [1.807, 2.05) is 35.0 Å². The number of likely N-dealkylation sites (tertiary alicyclic amines) is 1. The van der Waals surface area contributed by atoms with Crippen LogP contribution in [0.5, 0.6) is 0 Å². The van der Waals surface area contributed by atoms with Gasteiger partial charge in [-0.25, -0.2) is 9.51 Å². The molecule has 4 rings (SSSR count). The summed E-state index contributed by atoms with van der Waals surface area (Å²) < 4.78 is 2.64. The Balaban J connectivity index is 1.88. The molecule has 0 aromatic carbocycles. The summed E-state index contributed by atoms with van der Waals surface area (Å²) in [6.45, 7) is 4.22. The van der Waals surface area contributed by atoms with E-state index >= 15 is 0 Å². The minimum Gasteiger partial charge on any atom is -0.395 e. The van der Waals surface area contributed by atoms with Crippen molar-refractivity contribution in [3.8, 4) is 0 Å². The highest BCUT2D eigenvalue weighted by molar-refractivity contribution is 6.22. The molecule has 0 unspecified atom stereocenters. The van der Waals surface area contributed by atoms with Crippen LogP contribution in [0.15, 0.2) is 52.8 Å². The third-order valence-electron chi connectivity index (χ3n) is 5.51. The highest BCUT2D eigenvalue weighted by Crippen LogP contribution is 2.38. The van der Waals surface area contributed by atoms with E-state index in [4.69, 9.17) is 10.1 Å². The van der Waals surface area contributed by atoms with Crippen molar-refractivity contribution in [2.75, 3.05) is 33.3 Å². The van der Waals surface area contributed by atoms with Crippen molar-refractivity contribution in [1.29, 1.82) is 0 Å². The molecule has 1 saturated heterocycles. The van der Waals surface area contributed by atoms with Crippen molar-refractivity contribution >= 4 is 28.5 Å². The Kier molecular flexibility index (Phi) is 4.87. The number of pyridine rings is 1. The first kappa shape index (κ1) is 18.6. The third-order valence-corrected chi connectivity index (χ3v) is 5.51. The van der Waals surface area contributed by atoms with Crippen LogP contribution in [0.2, 0.25) is 0 Å². The number of aromatic nitrogens is 2. The molecule has 3 heterocycles. The number of hydrogen-bond donors (Lipinski definition) is 2. The van der Waals surface area contributed by atoms with Gasteiger partial charge in [-0.1, -0.05) is 6.07 Å². The summed E-state index contributed by atoms with van der Waals surface area (Å²) in [6, 6.07) is 5.97. The van der Waals surface area contributed by atoms with Crippen molar-refractivity contribution in [2.45, 2.75) is 19.8 Å². The molecule has 2 N–H and O–H groups in total. The van der Waals surface area contributed by atoms with Crippen molar-refractivity contribution in [3.05, 3.63) is 47.8 Å². The van der Waals surface area contributed by atoms with Crippen LogP contribution in [0, 0.1) is 0 Å². The fraction of sp³-hybridized carbons (Fsp3) is 0.381. The van der Waals surface area contributed by atoms with Gasteiger partial charge < -0.3 is 10.4 Å². The summed E-state index contributed by atoms with van der Waals surface area (Å²) in [7, 11) is 2.21.